The number of benzene rings is 3. The Morgan fingerprint density at radius 1 is 0.688 bits per heavy atom. The van der Waals surface area contributed by atoms with Gasteiger partial charge in [-0.1, -0.05) is 90.3 Å². The van der Waals surface area contributed by atoms with E-state index < -0.39 is 0 Å². The lowest BCUT2D eigenvalue weighted by Gasteiger charge is -2.12. The van der Waals surface area contributed by atoms with Crippen LogP contribution in [0.4, 0.5) is 5.82 Å². The fourth-order valence-corrected chi connectivity index (χ4v) is 4.86. The minimum Gasteiger partial charge on any atom is -0.235 e. The average Bonchev–Trinajstić information content (AvgIpc) is 2.85. The van der Waals surface area contributed by atoms with Gasteiger partial charge in [-0.2, -0.15) is 10.5 Å². The van der Waals surface area contributed by atoms with Gasteiger partial charge in [-0.25, -0.2) is 9.98 Å². The second-order valence-electron chi connectivity index (χ2n) is 6.54. The highest BCUT2D eigenvalue weighted by atomic mass is 32.2. The zero-order valence-electron chi connectivity index (χ0n) is 16.8. The summed E-state index contributed by atoms with van der Waals surface area (Å²) in [5.41, 5.74) is 1.57. The molecule has 0 atom stereocenters. The van der Waals surface area contributed by atoms with E-state index in [4.69, 9.17) is 0 Å². The van der Waals surface area contributed by atoms with Gasteiger partial charge >= 0.3 is 0 Å². The molecule has 0 unspecified atom stereocenters. The predicted molar refractivity (Wildman–Crippen MR) is 128 cm³/mol. The quantitative estimate of drug-likeness (QED) is 0.301. The molecule has 0 saturated carbocycles. The normalized spacial score (nSPS) is 10.6. The van der Waals surface area contributed by atoms with Gasteiger partial charge < -0.3 is 0 Å². The molecule has 4 aromatic rings. The van der Waals surface area contributed by atoms with Crippen molar-refractivity contribution in [3.05, 3.63) is 108 Å². The highest BCUT2D eigenvalue weighted by Gasteiger charge is 2.21. The molecule has 1 heterocycles. The summed E-state index contributed by atoms with van der Waals surface area (Å²) >= 11 is 2.77. The Morgan fingerprint density at radius 3 is 1.78 bits per heavy atom. The molecule has 0 amide bonds. The van der Waals surface area contributed by atoms with Crippen molar-refractivity contribution >= 4 is 35.6 Å². The van der Waals surface area contributed by atoms with Crippen molar-refractivity contribution in [2.75, 3.05) is 0 Å². The molecule has 4 nitrogen and oxygen atoms in total. The van der Waals surface area contributed by atoms with E-state index in [1.54, 1.807) is 6.21 Å². The molecule has 0 fully saturated rings. The summed E-state index contributed by atoms with van der Waals surface area (Å²) in [7, 11) is 0. The molecule has 0 radical (unpaired) electrons. The van der Waals surface area contributed by atoms with Crippen LogP contribution < -0.4 is 0 Å². The molecule has 0 aliphatic carbocycles. The monoisotopic (exact) mass is 448 g/mol. The number of aliphatic imine (C=N–C) groups is 1. The lowest BCUT2D eigenvalue weighted by Crippen LogP contribution is -1.97. The molecule has 152 valence electrons. The first-order chi connectivity index (χ1) is 15.8. The van der Waals surface area contributed by atoms with Crippen LogP contribution in [0.15, 0.2) is 116 Å². The minimum absolute atomic E-state index is 0.292. The van der Waals surface area contributed by atoms with Crippen LogP contribution >= 0.6 is 23.5 Å². The smallest absolute Gasteiger partial charge is 0.172 e. The molecule has 6 heteroatoms. The van der Waals surface area contributed by atoms with E-state index in [2.05, 4.69) is 22.1 Å². The maximum atomic E-state index is 10.0. The van der Waals surface area contributed by atoms with Gasteiger partial charge in [0.2, 0.25) is 0 Å². The molecule has 1 aromatic heterocycles. The molecule has 4 rings (SSSR count). The maximum Gasteiger partial charge on any atom is 0.172 e. The molecular weight excluding hydrogens is 432 g/mol. The van der Waals surface area contributed by atoms with E-state index in [0.717, 1.165) is 15.4 Å². The zero-order valence-corrected chi connectivity index (χ0v) is 18.5. The van der Waals surface area contributed by atoms with E-state index in [1.165, 1.54) is 23.5 Å². The molecule has 3 aromatic carbocycles. The van der Waals surface area contributed by atoms with Crippen LogP contribution in [0, 0.1) is 22.7 Å². The summed E-state index contributed by atoms with van der Waals surface area (Å²) in [6, 6.07) is 33.6. The van der Waals surface area contributed by atoms with Gasteiger partial charge in [-0.15, -0.1) is 0 Å². The summed E-state index contributed by atoms with van der Waals surface area (Å²) in [6.07, 6.45) is 1.68. The zero-order chi connectivity index (χ0) is 22.2. The van der Waals surface area contributed by atoms with Gasteiger partial charge in [0.25, 0.3) is 0 Å². The minimum atomic E-state index is 0.292. The van der Waals surface area contributed by atoms with Gasteiger partial charge in [-0.05, 0) is 29.8 Å². The molecular formula is C26H16N4S2. The second kappa shape index (κ2) is 10.5. The molecule has 0 N–H and O–H groups in total. The Kier molecular flexibility index (Phi) is 6.99. The van der Waals surface area contributed by atoms with Gasteiger partial charge in [0.1, 0.15) is 28.3 Å². The van der Waals surface area contributed by atoms with Gasteiger partial charge in [0, 0.05) is 16.0 Å². The second-order valence-corrected chi connectivity index (χ2v) is 8.69. The number of hydrogen-bond donors (Lipinski definition) is 0. The van der Waals surface area contributed by atoms with Crippen LogP contribution in [0.1, 0.15) is 16.7 Å². The van der Waals surface area contributed by atoms with Crippen LogP contribution in [-0.2, 0) is 0 Å². The van der Waals surface area contributed by atoms with Crippen molar-refractivity contribution in [2.24, 2.45) is 4.99 Å². The van der Waals surface area contributed by atoms with E-state index in [9.17, 15) is 10.5 Å². The fourth-order valence-electron chi connectivity index (χ4n) is 2.88. The Hall–Kier alpha value is -3.84. The lowest BCUT2D eigenvalue weighted by molar-refractivity contribution is 1.04. The van der Waals surface area contributed by atoms with Crippen LogP contribution in [0.2, 0.25) is 0 Å². The molecule has 32 heavy (non-hydrogen) atoms. The van der Waals surface area contributed by atoms with Crippen LogP contribution in [0.5, 0.6) is 0 Å². The highest BCUT2D eigenvalue weighted by Crippen LogP contribution is 2.41. The van der Waals surface area contributed by atoms with Crippen LogP contribution in [0.3, 0.4) is 0 Å². The van der Waals surface area contributed by atoms with E-state index in [0.29, 0.717) is 26.9 Å². The van der Waals surface area contributed by atoms with Crippen molar-refractivity contribution in [1.29, 1.82) is 10.5 Å². The SMILES string of the molecule is N#Cc1c(N=Cc2ccccc2)nc(Sc2ccccc2)c(C#N)c1Sc1ccccc1. The van der Waals surface area contributed by atoms with Crippen molar-refractivity contribution < 1.29 is 0 Å². The molecule has 0 spiro atoms. The van der Waals surface area contributed by atoms with Crippen molar-refractivity contribution in [1.82, 2.24) is 4.98 Å². The van der Waals surface area contributed by atoms with E-state index in [1.807, 2.05) is 91.0 Å². The Balaban J connectivity index is 1.87. The predicted octanol–water partition coefficient (Wildman–Crippen LogP) is 6.88. The number of hydrogen-bond acceptors (Lipinski definition) is 6. The summed E-state index contributed by atoms with van der Waals surface area (Å²) in [5.74, 6) is 0.298. The van der Waals surface area contributed by atoms with Crippen molar-refractivity contribution in [2.45, 2.75) is 19.7 Å². The maximum absolute atomic E-state index is 10.0. The molecule has 0 bridgehead atoms. The Labute approximate surface area is 195 Å². The van der Waals surface area contributed by atoms with Crippen LogP contribution in [-0.4, -0.2) is 11.2 Å². The average molecular weight is 449 g/mol. The van der Waals surface area contributed by atoms with Gasteiger partial charge in [0.15, 0.2) is 5.82 Å². The molecule has 0 saturated heterocycles. The Morgan fingerprint density at radius 2 is 1.22 bits per heavy atom. The number of rotatable bonds is 6. The largest absolute Gasteiger partial charge is 0.235 e. The summed E-state index contributed by atoms with van der Waals surface area (Å²) < 4.78 is 0. The van der Waals surface area contributed by atoms with Gasteiger partial charge in [0.05, 0.1) is 4.90 Å². The van der Waals surface area contributed by atoms with Crippen molar-refractivity contribution in [3.63, 3.8) is 0 Å². The fraction of sp³-hybridized carbons (Fsp3) is 0. The van der Waals surface area contributed by atoms with E-state index >= 15 is 0 Å². The first-order valence-corrected chi connectivity index (χ1v) is 11.3. The number of pyridine rings is 1. The van der Waals surface area contributed by atoms with E-state index in [-0.39, 0.29) is 0 Å². The third-order valence-corrected chi connectivity index (χ3v) is 6.50. The number of nitrogens with zero attached hydrogens (tertiary/aromatic N) is 4. The first-order valence-electron chi connectivity index (χ1n) is 9.71. The number of aromatic nitrogens is 1. The lowest BCUT2D eigenvalue weighted by atomic mass is 10.2. The summed E-state index contributed by atoms with van der Waals surface area (Å²) in [6.45, 7) is 0. The highest BCUT2D eigenvalue weighted by molar-refractivity contribution is 8.00. The third-order valence-electron chi connectivity index (χ3n) is 4.38. The summed E-state index contributed by atoms with van der Waals surface area (Å²) in [4.78, 5) is 11.6. The standard InChI is InChI=1S/C26H16N4S2/c27-16-22-24(31-20-12-6-2-7-13-20)23(17-28)26(32-21-14-8-3-9-15-21)30-25(22)29-18-19-10-4-1-5-11-19/h1-15,18H. The topological polar surface area (TPSA) is 72.8 Å². The van der Waals surface area contributed by atoms with Crippen LogP contribution in [0.25, 0.3) is 0 Å². The van der Waals surface area contributed by atoms with Gasteiger partial charge in [-0.3, -0.25) is 0 Å². The van der Waals surface area contributed by atoms with Crippen molar-refractivity contribution in [3.8, 4) is 12.1 Å². The molecule has 0 aliphatic rings. The molecule has 0 aliphatic heterocycles. The first kappa shape index (κ1) is 21.4. The number of nitriles is 2. The Bertz CT molecular complexity index is 1320. The third kappa shape index (κ3) is 5.07. The summed E-state index contributed by atoms with van der Waals surface area (Å²) in [5, 5.41) is 20.5.